The first-order chi connectivity index (χ1) is 8.72. The molecule has 0 amide bonds. The summed E-state index contributed by atoms with van der Waals surface area (Å²) in [6, 6.07) is 11.4. The standard InChI is InChI=1S/C13H16N4O/c1-9-8-10(6-7-11(9)18-2)15-12-4-3-5-13(16-12)17-14/h3-8H,14H2,1-2H3,(H2,15,16,17). The number of ether oxygens (including phenoxy) is 1. The van der Waals surface area contributed by atoms with Gasteiger partial charge in [-0.15, -0.1) is 0 Å². The summed E-state index contributed by atoms with van der Waals surface area (Å²) in [5, 5.41) is 3.21. The molecule has 0 aliphatic rings. The zero-order chi connectivity index (χ0) is 13.0. The molecule has 2 rings (SSSR count). The van der Waals surface area contributed by atoms with Crippen LogP contribution in [-0.2, 0) is 0 Å². The van der Waals surface area contributed by atoms with Gasteiger partial charge in [0.15, 0.2) is 0 Å². The second kappa shape index (κ2) is 5.37. The molecular formula is C13H16N4O. The monoisotopic (exact) mass is 244 g/mol. The number of benzene rings is 1. The fourth-order valence-electron chi connectivity index (χ4n) is 1.69. The summed E-state index contributed by atoms with van der Waals surface area (Å²) < 4.78 is 5.22. The van der Waals surface area contributed by atoms with E-state index in [9.17, 15) is 0 Å². The number of aryl methyl sites for hydroxylation is 1. The zero-order valence-electron chi connectivity index (χ0n) is 10.4. The van der Waals surface area contributed by atoms with Crippen LogP contribution < -0.4 is 21.3 Å². The molecule has 4 N–H and O–H groups in total. The average molecular weight is 244 g/mol. The van der Waals surface area contributed by atoms with Crippen LogP contribution in [-0.4, -0.2) is 12.1 Å². The molecule has 18 heavy (non-hydrogen) atoms. The predicted molar refractivity (Wildman–Crippen MR) is 73.1 cm³/mol. The first-order valence-corrected chi connectivity index (χ1v) is 5.58. The third-order valence-corrected chi connectivity index (χ3v) is 2.56. The molecule has 5 nitrogen and oxygen atoms in total. The summed E-state index contributed by atoms with van der Waals surface area (Å²) in [5.74, 6) is 7.53. The van der Waals surface area contributed by atoms with Crippen molar-refractivity contribution in [3.8, 4) is 5.75 Å². The maximum atomic E-state index is 5.32. The van der Waals surface area contributed by atoms with Gasteiger partial charge in [-0.3, -0.25) is 0 Å². The summed E-state index contributed by atoms with van der Waals surface area (Å²) in [6.45, 7) is 2.00. The summed E-state index contributed by atoms with van der Waals surface area (Å²) in [4.78, 5) is 4.28. The Bertz CT molecular complexity index is 542. The molecule has 94 valence electrons. The molecule has 5 heteroatoms. The van der Waals surface area contributed by atoms with E-state index >= 15 is 0 Å². The van der Waals surface area contributed by atoms with Gasteiger partial charge in [0.1, 0.15) is 17.4 Å². The van der Waals surface area contributed by atoms with Gasteiger partial charge in [-0.2, -0.15) is 0 Å². The number of hydrogen-bond acceptors (Lipinski definition) is 5. The van der Waals surface area contributed by atoms with Crippen LogP contribution in [0.5, 0.6) is 5.75 Å². The number of pyridine rings is 1. The van der Waals surface area contributed by atoms with E-state index in [1.165, 1.54) is 0 Å². The van der Waals surface area contributed by atoms with Crippen LogP contribution in [0.15, 0.2) is 36.4 Å². The topological polar surface area (TPSA) is 72.2 Å². The van der Waals surface area contributed by atoms with Gasteiger partial charge >= 0.3 is 0 Å². The molecule has 2 aromatic rings. The molecule has 0 saturated carbocycles. The van der Waals surface area contributed by atoms with Gasteiger partial charge < -0.3 is 15.5 Å². The number of hydrogen-bond donors (Lipinski definition) is 3. The molecule has 0 radical (unpaired) electrons. The molecule has 0 spiro atoms. The van der Waals surface area contributed by atoms with E-state index in [2.05, 4.69) is 15.7 Å². The number of methoxy groups -OCH3 is 1. The number of hydrazine groups is 1. The number of rotatable bonds is 4. The SMILES string of the molecule is COc1ccc(Nc2cccc(NN)n2)cc1C. The first kappa shape index (κ1) is 12.2. The molecule has 0 atom stereocenters. The van der Waals surface area contributed by atoms with Crippen molar-refractivity contribution in [3.63, 3.8) is 0 Å². The van der Waals surface area contributed by atoms with E-state index in [1.54, 1.807) is 13.2 Å². The van der Waals surface area contributed by atoms with E-state index in [1.807, 2.05) is 37.3 Å². The van der Waals surface area contributed by atoms with Gasteiger partial charge in [-0.05, 0) is 42.8 Å². The predicted octanol–water partition coefficient (Wildman–Crippen LogP) is 2.43. The van der Waals surface area contributed by atoms with E-state index < -0.39 is 0 Å². The highest BCUT2D eigenvalue weighted by Gasteiger charge is 2.01. The quantitative estimate of drug-likeness (QED) is 0.569. The molecule has 0 unspecified atom stereocenters. The second-order valence-corrected chi connectivity index (χ2v) is 3.86. The highest BCUT2D eigenvalue weighted by Crippen LogP contribution is 2.23. The fraction of sp³-hybridized carbons (Fsp3) is 0.154. The minimum atomic E-state index is 0.616. The summed E-state index contributed by atoms with van der Waals surface area (Å²) >= 11 is 0. The largest absolute Gasteiger partial charge is 0.496 e. The highest BCUT2D eigenvalue weighted by molar-refractivity contribution is 5.60. The van der Waals surface area contributed by atoms with Crippen molar-refractivity contribution in [3.05, 3.63) is 42.0 Å². The van der Waals surface area contributed by atoms with E-state index in [-0.39, 0.29) is 0 Å². The second-order valence-electron chi connectivity index (χ2n) is 3.86. The maximum absolute atomic E-state index is 5.32. The molecular weight excluding hydrogens is 228 g/mol. The lowest BCUT2D eigenvalue weighted by Crippen LogP contribution is -2.08. The molecule has 0 aliphatic carbocycles. The first-order valence-electron chi connectivity index (χ1n) is 5.58. The molecule has 0 bridgehead atoms. The van der Waals surface area contributed by atoms with Crippen LogP contribution in [0.1, 0.15) is 5.56 Å². The number of nitrogens with two attached hydrogens (primary N) is 1. The molecule has 0 saturated heterocycles. The Labute approximate surface area is 106 Å². The van der Waals surface area contributed by atoms with E-state index in [0.29, 0.717) is 5.82 Å². The molecule has 0 fully saturated rings. The van der Waals surface area contributed by atoms with Crippen LogP contribution in [0.3, 0.4) is 0 Å². The fourth-order valence-corrected chi connectivity index (χ4v) is 1.69. The third kappa shape index (κ3) is 2.70. The Morgan fingerprint density at radius 2 is 1.94 bits per heavy atom. The summed E-state index contributed by atoms with van der Waals surface area (Å²) in [5.41, 5.74) is 4.53. The minimum absolute atomic E-state index is 0.616. The van der Waals surface area contributed by atoms with Gasteiger partial charge in [-0.25, -0.2) is 10.8 Å². The van der Waals surface area contributed by atoms with Crippen LogP contribution >= 0.6 is 0 Å². The Hall–Kier alpha value is -2.27. The number of anilines is 3. The normalized spacial score (nSPS) is 9.94. The van der Waals surface area contributed by atoms with Gasteiger partial charge in [0.2, 0.25) is 0 Å². The average Bonchev–Trinajstić information content (AvgIpc) is 2.39. The van der Waals surface area contributed by atoms with Crippen LogP contribution in [0.4, 0.5) is 17.3 Å². The van der Waals surface area contributed by atoms with Crippen LogP contribution in [0.2, 0.25) is 0 Å². The smallest absolute Gasteiger partial charge is 0.142 e. The van der Waals surface area contributed by atoms with Crippen molar-refractivity contribution in [2.24, 2.45) is 5.84 Å². The lowest BCUT2D eigenvalue weighted by atomic mass is 10.2. The lowest BCUT2D eigenvalue weighted by molar-refractivity contribution is 0.412. The van der Waals surface area contributed by atoms with Gasteiger partial charge in [-0.1, -0.05) is 6.07 Å². The Balaban J connectivity index is 2.20. The molecule has 1 aromatic heterocycles. The molecule has 1 aromatic carbocycles. The summed E-state index contributed by atoms with van der Waals surface area (Å²) in [6.07, 6.45) is 0. The van der Waals surface area contributed by atoms with Gasteiger partial charge in [0.05, 0.1) is 7.11 Å². The van der Waals surface area contributed by atoms with Crippen LogP contribution in [0, 0.1) is 6.92 Å². The summed E-state index contributed by atoms with van der Waals surface area (Å²) in [7, 11) is 1.66. The van der Waals surface area contributed by atoms with Crippen molar-refractivity contribution in [2.45, 2.75) is 6.92 Å². The Morgan fingerprint density at radius 1 is 1.17 bits per heavy atom. The lowest BCUT2D eigenvalue weighted by Gasteiger charge is -2.10. The highest BCUT2D eigenvalue weighted by atomic mass is 16.5. The maximum Gasteiger partial charge on any atom is 0.142 e. The van der Waals surface area contributed by atoms with Crippen molar-refractivity contribution in [1.29, 1.82) is 0 Å². The van der Waals surface area contributed by atoms with Gasteiger partial charge in [0.25, 0.3) is 0 Å². The minimum Gasteiger partial charge on any atom is -0.496 e. The molecule has 0 aliphatic heterocycles. The van der Waals surface area contributed by atoms with Crippen molar-refractivity contribution < 1.29 is 4.74 Å². The van der Waals surface area contributed by atoms with E-state index in [4.69, 9.17) is 10.6 Å². The van der Waals surface area contributed by atoms with Gasteiger partial charge in [0, 0.05) is 5.69 Å². The van der Waals surface area contributed by atoms with Crippen molar-refractivity contribution in [2.75, 3.05) is 17.9 Å². The Morgan fingerprint density at radius 3 is 2.61 bits per heavy atom. The number of aromatic nitrogens is 1. The Kier molecular flexibility index (Phi) is 3.64. The number of nitrogen functional groups attached to an aromatic ring is 1. The van der Waals surface area contributed by atoms with Crippen molar-refractivity contribution >= 4 is 17.3 Å². The van der Waals surface area contributed by atoms with E-state index in [0.717, 1.165) is 22.8 Å². The van der Waals surface area contributed by atoms with Crippen LogP contribution in [0.25, 0.3) is 0 Å². The molecule has 1 heterocycles. The third-order valence-electron chi connectivity index (χ3n) is 2.56. The number of nitrogens with zero attached hydrogens (tertiary/aromatic N) is 1. The number of nitrogens with one attached hydrogen (secondary N) is 2. The zero-order valence-corrected chi connectivity index (χ0v) is 10.4. The van der Waals surface area contributed by atoms with Crippen molar-refractivity contribution in [1.82, 2.24) is 4.98 Å².